The smallest absolute Gasteiger partial charge is 0.543 e. The van der Waals surface area contributed by atoms with Crippen molar-refractivity contribution in [1.82, 2.24) is 6.15 Å². The molecule has 0 spiro atoms. The molecule has 0 amide bonds. The van der Waals surface area contributed by atoms with Crippen molar-refractivity contribution in [1.29, 1.82) is 0 Å². The first-order valence-corrected chi connectivity index (χ1v) is 1.07. The molecule has 0 unspecified atom stereocenters. The number of carbonyl (C=O) groups is 2. The monoisotopic (exact) mass is 196 g/mol. The van der Waals surface area contributed by atoms with Crippen LogP contribution in [0.1, 0.15) is 0 Å². The maximum atomic E-state index is 8.93. The summed E-state index contributed by atoms with van der Waals surface area (Å²) in [5, 5.41) is 17.9. The van der Waals surface area contributed by atoms with Crippen molar-refractivity contribution in [2.24, 2.45) is 0 Å². The van der Waals surface area contributed by atoms with E-state index in [1.807, 2.05) is 0 Å². The predicted octanol–water partition coefficient (Wildman–Crippen LogP) is -3.14. The van der Waals surface area contributed by atoms with E-state index in [2.05, 4.69) is 0 Å². The van der Waals surface area contributed by atoms with Crippen LogP contribution < -0.4 is 16.4 Å². The first kappa shape index (κ1) is 15.7. The molecule has 0 aliphatic carbocycles. The standard InChI is InChI=1S/C2H2O4.H3N.Zr/c3-1(4)2(5)6;;/h(H,3,4)(H,5,6);1H3;/q;;+1/p-1. The fourth-order valence-electron chi connectivity index (χ4n) is 0. The summed E-state index contributed by atoms with van der Waals surface area (Å²) < 4.78 is 0. The summed E-state index contributed by atoms with van der Waals surface area (Å²) >= 11 is 0. The molecular formula is C2H4NO4Zr. The molecule has 0 aliphatic rings. The molecule has 8 heavy (non-hydrogen) atoms. The molecule has 0 aromatic carbocycles. The average Bonchev–Trinajstić information content (AvgIpc) is 1.36. The van der Waals surface area contributed by atoms with Gasteiger partial charge in [-0.1, -0.05) is 0 Å². The molecule has 0 saturated heterocycles. The Morgan fingerprint density at radius 2 is 1.12 bits per heavy atom. The number of quaternary nitrogens is 1. The SMILES string of the molecule is O=C([O-])C(=O)[O-].[NH4+].[Zr+]. The van der Waals surface area contributed by atoms with Gasteiger partial charge in [0, 0.05) is 0 Å². The summed E-state index contributed by atoms with van der Waals surface area (Å²) in [7, 11) is 0. The fourth-order valence-corrected chi connectivity index (χ4v) is 0. The third-order valence-electron chi connectivity index (χ3n) is 0.167. The number of carboxylic acids is 2. The van der Waals surface area contributed by atoms with E-state index < -0.39 is 11.9 Å². The van der Waals surface area contributed by atoms with E-state index in [9.17, 15) is 0 Å². The van der Waals surface area contributed by atoms with E-state index in [0.29, 0.717) is 0 Å². The molecule has 4 N–H and O–H groups in total. The van der Waals surface area contributed by atoms with Gasteiger partial charge in [0.1, 0.15) is 0 Å². The van der Waals surface area contributed by atoms with Crippen molar-refractivity contribution in [3.63, 3.8) is 0 Å². The van der Waals surface area contributed by atoms with Crippen LogP contribution in [0, 0.1) is 0 Å². The zero-order valence-electron chi connectivity index (χ0n) is 4.13. The van der Waals surface area contributed by atoms with Crippen LogP contribution in [0.5, 0.6) is 0 Å². The van der Waals surface area contributed by atoms with Gasteiger partial charge in [-0.05, 0) is 0 Å². The third-order valence-corrected chi connectivity index (χ3v) is 0.167. The third kappa shape index (κ3) is 9.24. The van der Waals surface area contributed by atoms with Gasteiger partial charge in [0.15, 0.2) is 0 Å². The second-order valence-electron chi connectivity index (χ2n) is 0.575. The van der Waals surface area contributed by atoms with Crippen molar-refractivity contribution >= 4 is 11.9 Å². The summed E-state index contributed by atoms with van der Waals surface area (Å²) in [5.41, 5.74) is 0. The minimum atomic E-state index is -2.19. The molecule has 0 saturated carbocycles. The van der Waals surface area contributed by atoms with Crippen molar-refractivity contribution in [3.8, 4) is 0 Å². The van der Waals surface area contributed by atoms with E-state index in [1.54, 1.807) is 0 Å². The van der Waals surface area contributed by atoms with E-state index in [1.165, 1.54) is 0 Å². The normalized spacial score (nSPS) is 5.50. The van der Waals surface area contributed by atoms with Crippen molar-refractivity contribution in [2.75, 3.05) is 0 Å². The fraction of sp³-hybridized carbons (Fsp3) is 0. The number of rotatable bonds is 0. The molecule has 0 aromatic rings. The predicted molar refractivity (Wildman–Crippen MR) is 16.0 cm³/mol. The molecule has 6 heteroatoms. The van der Waals surface area contributed by atoms with Crippen LogP contribution in [0.25, 0.3) is 0 Å². The molecule has 0 heterocycles. The van der Waals surface area contributed by atoms with Gasteiger partial charge >= 0.3 is 26.2 Å². The van der Waals surface area contributed by atoms with Crippen LogP contribution in [-0.2, 0) is 35.8 Å². The Hall–Kier alpha value is -0.217. The number of carbonyl (C=O) groups excluding carboxylic acids is 2. The van der Waals surface area contributed by atoms with Crippen molar-refractivity contribution in [2.45, 2.75) is 0 Å². The van der Waals surface area contributed by atoms with Crippen LogP contribution in [0.4, 0.5) is 0 Å². The number of aliphatic carboxylic acids is 2. The number of hydrogen-bond acceptors (Lipinski definition) is 4. The van der Waals surface area contributed by atoms with Crippen LogP contribution in [0.15, 0.2) is 0 Å². The van der Waals surface area contributed by atoms with E-state index >= 15 is 0 Å². The van der Waals surface area contributed by atoms with Crippen molar-refractivity contribution < 1.29 is 46.0 Å². The minimum absolute atomic E-state index is 0. The average molecular weight is 197 g/mol. The number of carboxylic acid groups (broad SMARTS) is 2. The van der Waals surface area contributed by atoms with Gasteiger partial charge in [-0.25, -0.2) is 0 Å². The Balaban J connectivity index is -0.000000125. The zero-order chi connectivity index (χ0) is 5.15. The summed E-state index contributed by atoms with van der Waals surface area (Å²) in [6, 6.07) is 0. The van der Waals surface area contributed by atoms with Crippen LogP contribution in [0.3, 0.4) is 0 Å². The quantitative estimate of drug-likeness (QED) is 0.413. The Labute approximate surface area is 64.4 Å². The topological polar surface area (TPSA) is 117 Å². The van der Waals surface area contributed by atoms with Gasteiger partial charge in [0.25, 0.3) is 0 Å². The second kappa shape index (κ2) is 6.78. The molecule has 0 bridgehead atoms. The van der Waals surface area contributed by atoms with Gasteiger partial charge in [0.05, 0.1) is 11.9 Å². The number of hydrogen-bond donors (Lipinski definition) is 1. The zero-order valence-corrected chi connectivity index (χ0v) is 6.59. The van der Waals surface area contributed by atoms with Gasteiger partial charge in [-0.2, -0.15) is 0 Å². The van der Waals surface area contributed by atoms with Gasteiger partial charge in [0.2, 0.25) is 0 Å². The van der Waals surface area contributed by atoms with Gasteiger partial charge < -0.3 is 26.0 Å². The molecule has 1 radical (unpaired) electrons. The van der Waals surface area contributed by atoms with Gasteiger partial charge in [-0.3, -0.25) is 0 Å². The Kier molecular flexibility index (Phi) is 13.3. The molecular weight excluding hydrogens is 193 g/mol. The van der Waals surface area contributed by atoms with E-state index in [-0.39, 0.29) is 32.4 Å². The molecule has 45 valence electrons. The molecule has 0 rings (SSSR count). The second-order valence-corrected chi connectivity index (χ2v) is 0.575. The van der Waals surface area contributed by atoms with E-state index in [4.69, 9.17) is 19.8 Å². The Morgan fingerprint density at radius 1 is 1.00 bits per heavy atom. The van der Waals surface area contributed by atoms with Crippen LogP contribution in [0.2, 0.25) is 0 Å². The molecule has 0 atom stereocenters. The van der Waals surface area contributed by atoms with Crippen molar-refractivity contribution in [3.05, 3.63) is 0 Å². The first-order valence-electron chi connectivity index (χ1n) is 1.07. The van der Waals surface area contributed by atoms with Crippen LogP contribution >= 0.6 is 0 Å². The maximum Gasteiger partial charge on any atom is 1.00 e. The first-order chi connectivity index (χ1) is 2.64. The van der Waals surface area contributed by atoms with E-state index in [0.717, 1.165) is 0 Å². The summed E-state index contributed by atoms with van der Waals surface area (Å²) in [6.45, 7) is 0. The molecule has 0 fully saturated rings. The van der Waals surface area contributed by atoms with Gasteiger partial charge in [-0.15, -0.1) is 0 Å². The summed E-state index contributed by atoms with van der Waals surface area (Å²) in [6.07, 6.45) is 0. The Morgan fingerprint density at radius 3 is 1.12 bits per heavy atom. The molecule has 0 aromatic heterocycles. The van der Waals surface area contributed by atoms with Crippen LogP contribution in [-0.4, -0.2) is 11.9 Å². The summed E-state index contributed by atoms with van der Waals surface area (Å²) in [5.74, 6) is -4.37. The minimum Gasteiger partial charge on any atom is -0.543 e. The molecule has 5 nitrogen and oxygen atoms in total. The summed E-state index contributed by atoms with van der Waals surface area (Å²) in [4.78, 5) is 17.9. The Bertz CT molecular complexity index is 80.0. The largest absolute Gasteiger partial charge is 1.00 e. The molecule has 0 aliphatic heterocycles. The maximum absolute atomic E-state index is 8.93.